The van der Waals surface area contributed by atoms with Gasteiger partial charge in [-0.25, -0.2) is 0 Å². The highest BCUT2D eigenvalue weighted by Gasteiger charge is 2.37. The summed E-state index contributed by atoms with van der Waals surface area (Å²) < 4.78 is 38.6. The highest BCUT2D eigenvalue weighted by atomic mass is 19.4. The van der Waals surface area contributed by atoms with Gasteiger partial charge in [-0.05, 0) is 42.0 Å². The Balaban J connectivity index is 1.87. The Morgan fingerprint density at radius 2 is 1.87 bits per heavy atom. The van der Waals surface area contributed by atoms with Crippen molar-refractivity contribution in [3.8, 4) is 6.07 Å². The fraction of sp³-hybridized carbons (Fsp3) is 0.217. The molecule has 2 aromatic carbocycles. The van der Waals surface area contributed by atoms with E-state index in [1.165, 1.54) is 18.2 Å². The number of likely N-dealkylation sites (N-methyl/N-ethyl adjacent to an activating group) is 1. The number of amides is 1. The topological polar surface area (TPSA) is 56.1 Å². The Morgan fingerprint density at radius 1 is 1.17 bits per heavy atom. The predicted molar refractivity (Wildman–Crippen MR) is 110 cm³/mol. The number of hydrogen-bond acceptors (Lipinski definition) is 3. The summed E-state index contributed by atoms with van der Waals surface area (Å²) in [5.74, 6) is -0.773. The second kappa shape index (κ2) is 7.71. The van der Waals surface area contributed by atoms with Crippen molar-refractivity contribution in [3.05, 3.63) is 83.1 Å². The van der Waals surface area contributed by atoms with Gasteiger partial charge in [0.05, 0.1) is 5.56 Å². The fourth-order valence-corrected chi connectivity index (χ4v) is 3.60. The first kappa shape index (κ1) is 21.2. The number of rotatable bonds is 3. The molecule has 0 fully saturated rings. The number of para-hydroxylation sites is 1. The molecule has 0 saturated heterocycles. The number of hydrogen-bond donors (Lipinski definition) is 1. The fourth-order valence-electron chi connectivity index (χ4n) is 3.60. The van der Waals surface area contributed by atoms with Gasteiger partial charge in [0, 0.05) is 29.5 Å². The molecule has 0 saturated carbocycles. The van der Waals surface area contributed by atoms with E-state index < -0.39 is 17.6 Å². The van der Waals surface area contributed by atoms with Crippen LogP contribution in [0, 0.1) is 11.3 Å². The van der Waals surface area contributed by atoms with Gasteiger partial charge >= 0.3 is 6.18 Å². The largest absolute Gasteiger partial charge is 0.416 e. The molecule has 154 valence electrons. The van der Waals surface area contributed by atoms with Gasteiger partial charge in [-0.3, -0.25) is 4.79 Å². The minimum absolute atomic E-state index is 0.0330. The van der Waals surface area contributed by atoms with Crippen LogP contribution in [0.25, 0.3) is 0 Å². The minimum atomic E-state index is -4.52. The second-order valence-corrected chi connectivity index (χ2v) is 7.48. The molecular weight excluding hydrogens is 391 g/mol. The number of halogens is 3. The van der Waals surface area contributed by atoms with E-state index in [9.17, 15) is 23.2 Å². The number of nitriles is 1. The van der Waals surface area contributed by atoms with Crippen molar-refractivity contribution >= 4 is 17.3 Å². The van der Waals surface area contributed by atoms with Crippen LogP contribution in [0.15, 0.2) is 72.0 Å². The maximum Gasteiger partial charge on any atom is 0.416 e. The number of anilines is 2. The lowest BCUT2D eigenvalue weighted by molar-refractivity contribution is -0.137. The number of fused-ring (bicyclic) bond motifs is 1. The Hall–Kier alpha value is -3.53. The van der Waals surface area contributed by atoms with Crippen LogP contribution >= 0.6 is 0 Å². The molecule has 0 radical (unpaired) electrons. The number of nitrogens with zero attached hydrogens (tertiary/aromatic N) is 2. The number of carbonyl (C=O) groups is 1. The number of allylic oxidation sites excluding steroid dienone is 3. The van der Waals surface area contributed by atoms with Crippen LogP contribution in [0.1, 0.15) is 25.0 Å². The van der Waals surface area contributed by atoms with Gasteiger partial charge in [0.2, 0.25) is 0 Å². The third-order valence-corrected chi connectivity index (χ3v) is 5.16. The minimum Gasteiger partial charge on any atom is -0.347 e. The Kier molecular flexibility index (Phi) is 5.45. The molecule has 0 unspecified atom stereocenters. The number of nitrogens with one attached hydrogen (secondary N) is 1. The van der Waals surface area contributed by atoms with Crippen molar-refractivity contribution in [2.45, 2.75) is 25.4 Å². The van der Waals surface area contributed by atoms with E-state index in [1.807, 2.05) is 56.1 Å². The number of carbonyl (C=O) groups excluding carboxylic acids is 1. The van der Waals surface area contributed by atoms with E-state index in [1.54, 1.807) is 6.08 Å². The molecule has 1 N–H and O–H groups in total. The van der Waals surface area contributed by atoms with Crippen LogP contribution in [0.3, 0.4) is 0 Å². The highest BCUT2D eigenvalue weighted by Crippen LogP contribution is 2.46. The Bertz CT molecular complexity index is 1090. The molecule has 0 aromatic heterocycles. The van der Waals surface area contributed by atoms with E-state index >= 15 is 0 Å². The molecule has 7 heteroatoms. The first-order chi connectivity index (χ1) is 14.1. The van der Waals surface area contributed by atoms with Gasteiger partial charge in [-0.2, -0.15) is 18.4 Å². The lowest BCUT2D eigenvalue weighted by atomic mass is 9.83. The van der Waals surface area contributed by atoms with Gasteiger partial charge in [-0.1, -0.05) is 38.1 Å². The lowest BCUT2D eigenvalue weighted by Gasteiger charge is -2.23. The average molecular weight is 411 g/mol. The molecule has 1 heterocycles. The maximum atomic E-state index is 12.9. The monoisotopic (exact) mass is 411 g/mol. The molecule has 0 spiro atoms. The molecule has 1 aliphatic rings. The Labute approximate surface area is 172 Å². The van der Waals surface area contributed by atoms with Crippen molar-refractivity contribution in [1.29, 1.82) is 5.26 Å². The summed E-state index contributed by atoms with van der Waals surface area (Å²) in [6.07, 6.45) is -1.43. The SMILES string of the molecule is CN1C(=CC=C(C#N)C(=O)Nc2cccc(C(F)(F)F)c2)C(C)(C)c2ccccc21. The lowest BCUT2D eigenvalue weighted by Crippen LogP contribution is -2.22. The van der Waals surface area contributed by atoms with Crippen molar-refractivity contribution in [2.24, 2.45) is 0 Å². The van der Waals surface area contributed by atoms with Gasteiger partial charge in [0.15, 0.2) is 0 Å². The van der Waals surface area contributed by atoms with Gasteiger partial charge in [0.25, 0.3) is 5.91 Å². The summed E-state index contributed by atoms with van der Waals surface area (Å²) in [4.78, 5) is 14.4. The van der Waals surface area contributed by atoms with Crippen LogP contribution < -0.4 is 10.2 Å². The third kappa shape index (κ3) is 3.94. The van der Waals surface area contributed by atoms with Gasteiger partial charge in [0.1, 0.15) is 11.6 Å². The molecule has 0 atom stereocenters. The molecule has 1 amide bonds. The van der Waals surface area contributed by atoms with Gasteiger partial charge < -0.3 is 10.2 Å². The predicted octanol–water partition coefficient (Wildman–Crippen LogP) is 5.41. The van der Waals surface area contributed by atoms with Gasteiger partial charge in [-0.15, -0.1) is 0 Å². The van der Waals surface area contributed by atoms with Crippen molar-refractivity contribution in [2.75, 3.05) is 17.3 Å². The van der Waals surface area contributed by atoms with Crippen molar-refractivity contribution in [1.82, 2.24) is 0 Å². The molecule has 30 heavy (non-hydrogen) atoms. The summed E-state index contributed by atoms with van der Waals surface area (Å²) in [6, 6.07) is 14.0. The van der Waals surface area contributed by atoms with E-state index in [0.717, 1.165) is 29.1 Å². The van der Waals surface area contributed by atoms with Crippen molar-refractivity contribution in [3.63, 3.8) is 0 Å². The molecule has 1 aliphatic heterocycles. The molecular formula is C23H20F3N3O. The first-order valence-corrected chi connectivity index (χ1v) is 9.20. The van der Waals surface area contributed by atoms with Crippen LogP contribution in [0.2, 0.25) is 0 Å². The van der Waals surface area contributed by atoms with Crippen LogP contribution in [0.4, 0.5) is 24.5 Å². The summed E-state index contributed by atoms with van der Waals surface area (Å²) in [6.45, 7) is 4.09. The van der Waals surface area contributed by atoms with Crippen LogP contribution in [0.5, 0.6) is 0 Å². The molecule has 0 bridgehead atoms. The summed E-state index contributed by atoms with van der Waals surface area (Å²) in [5.41, 5.74) is 1.60. The van der Waals surface area contributed by atoms with E-state index in [-0.39, 0.29) is 16.7 Å². The zero-order valence-corrected chi connectivity index (χ0v) is 16.7. The van der Waals surface area contributed by atoms with Crippen molar-refractivity contribution < 1.29 is 18.0 Å². The zero-order chi connectivity index (χ0) is 22.1. The molecule has 3 rings (SSSR count). The quantitative estimate of drug-likeness (QED) is 0.543. The highest BCUT2D eigenvalue weighted by molar-refractivity contribution is 6.06. The van der Waals surface area contributed by atoms with Crippen LogP contribution in [-0.4, -0.2) is 13.0 Å². The van der Waals surface area contributed by atoms with E-state index in [4.69, 9.17) is 0 Å². The molecule has 0 aliphatic carbocycles. The number of alkyl halides is 3. The second-order valence-electron chi connectivity index (χ2n) is 7.48. The van der Waals surface area contributed by atoms with E-state index in [2.05, 4.69) is 5.32 Å². The maximum absolute atomic E-state index is 12.9. The Morgan fingerprint density at radius 3 is 2.50 bits per heavy atom. The molecule has 2 aromatic rings. The third-order valence-electron chi connectivity index (χ3n) is 5.16. The first-order valence-electron chi connectivity index (χ1n) is 9.20. The van der Waals surface area contributed by atoms with Crippen LogP contribution in [-0.2, 0) is 16.4 Å². The average Bonchev–Trinajstić information content (AvgIpc) is 2.88. The standard InChI is InChI=1S/C23H20F3N3O/c1-22(2)18-9-4-5-10-19(18)29(3)20(22)12-11-15(14-27)21(30)28-17-8-6-7-16(13-17)23(24,25)26/h4-13H,1-3H3,(H,28,30). The molecule has 4 nitrogen and oxygen atoms in total. The summed E-state index contributed by atoms with van der Waals surface area (Å²) >= 11 is 0. The number of benzene rings is 2. The summed E-state index contributed by atoms with van der Waals surface area (Å²) in [7, 11) is 1.90. The zero-order valence-electron chi connectivity index (χ0n) is 16.7. The normalized spacial score (nSPS) is 16.9. The summed E-state index contributed by atoms with van der Waals surface area (Å²) in [5, 5.41) is 11.8. The van der Waals surface area contributed by atoms with E-state index in [0.29, 0.717) is 0 Å². The smallest absolute Gasteiger partial charge is 0.347 e.